The molecule has 2 aliphatic heterocycles. The van der Waals surface area contributed by atoms with Gasteiger partial charge in [0.15, 0.2) is 0 Å². The summed E-state index contributed by atoms with van der Waals surface area (Å²) in [5.74, 6) is 0.823. The van der Waals surface area contributed by atoms with E-state index in [4.69, 9.17) is 10.00 Å². The van der Waals surface area contributed by atoms with Crippen LogP contribution in [0, 0.1) is 11.3 Å². The average Bonchev–Trinajstić information content (AvgIpc) is 2.65. The summed E-state index contributed by atoms with van der Waals surface area (Å²) in [6.07, 6.45) is 2.38. The van der Waals surface area contributed by atoms with Gasteiger partial charge in [-0.15, -0.1) is 0 Å². The van der Waals surface area contributed by atoms with Crippen molar-refractivity contribution < 1.29 is 9.53 Å². The van der Waals surface area contributed by atoms with Crippen molar-refractivity contribution in [3.63, 3.8) is 0 Å². The van der Waals surface area contributed by atoms with Gasteiger partial charge < -0.3 is 14.5 Å². The lowest BCUT2D eigenvalue weighted by Gasteiger charge is -2.25. The van der Waals surface area contributed by atoms with Crippen LogP contribution in [0.5, 0.6) is 0 Å². The van der Waals surface area contributed by atoms with Gasteiger partial charge in [-0.2, -0.15) is 5.26 Å². The van der Waals surface area contributed by atoms with E-state index >= 15 is 0 Å². The van der Waals surface area contributed by atoms with E-state index in [1.165, 1.54) is 0 Å². The third-order valence-corrected chi connectivity index (χ3v) is 4.21. The normalized spacial score (nSPS) is 25.6. The molecule has 2 aliphatic rings. The number of anilines is 1. The van der Waals surface area contributed by atoms with Gasteiger partial charge in [-0.25, -0.2) is 9.78 Å². The number of nitriles is 1. The van der Waals surface area contributed by atoms with E-state index in [0.29, 0.717) is 12.2 Å². The lowest BCUT2D eigenvalue weighted by atomic mass is 9.95. The smallest absolute Gasteiger partial charge is 0.410 e. The van der Waals surface area contributed by atoms with Crippen molar-refractivity contribution in [1.82, 2.24) is 9.88 Å². The third-order valence-electron chi connectivity index (χ3n) is 4.21. The quantitative estimate of drug-likeness (QED) is 0.787. The molecule has 1 atom stereocenters. The number of hydrogen-bond acceptors (Lipinski definition) is 5. The summed E-state index contributed by atoms with van der Waals surface area (Å²) in [6, 6.07) is 7.55. The number of ether oxygens (including phenoxy) is 1. The number of aromatic nitrogens is 1. The molecule has 110 valence electrons. The van der Waals surface area contributed by atoms with Gasteiger partial charge in [0.05, 0.1) is 6.54 Å². The first-order valence-corrected chi connectivity index (χ1v) is 7.18. The van der Waals surface area contributed by atoms with Crippen molar-refractivity contribution >= 4 is 11.9 Å². The fraction of sp³-hybridized carbons (Fsp3) is 0.533. The zero-order chi connectivity index (χ0) is 14.9. The van der Waals surface area contributed by atoms with Crippen LogP contribution in [0.25, 0.3) is 0 Å². The zero-order valence-electron chi connectivity index (χ0n) is 12.1. The Bertz CT molecular complexity index is 598. The highest BCUT2D eigenvalue weighted by molar-refractivity contribution is 5.70. The first-order chi connectivity index (χ1) is 10.1. The Hall–Kier alpha value is -2.29. The molecule has 0 saturated carbocycles. The van der Waals surface area contributed by atoms with E-state index in [0.717, 1.165) is 38.2 Å². The summed E-state index contributed by atoms with van der Waals surface area (Å²) in [5, 5.41) is 8.95. The number of pyridine rings is 1. The van der Waals surface area contributed by atoms with Gasteiger partial charge in [-0.3, -0.25) is 0 Å². The summed E-state index contributed by atoms with van der Waals surface area (Å²) in [4.78, 5) is 19.8. The van der Waals surface area contributed by atoms with Crippen LogP contribution < -0.4 is 4.90 Å². The molecule has 2 saturated heterocycles. The predicted octanol–water partition coefficient (Wildman–Crippen LogP) is 1.76. The van der Waals surface area contributed by atoms with E-state index in [9.17, 15) is 4.79 Å². The van der Waals surface area contributed by atoms with Crippen molar-refractivity contribution in [2.75, 3.05) is 31.6 Å². The van der Waals surface area contributed by atoms with Crippen LogP contribution in [0.3, 0.4) is 0 Å². The molecule has 1 spiro atoms. The molecule has 0 bridgehead atoms. The monoisotopic (exact) mass is 286 g/mol. The Balaban J connectivity index is 1.74. The molecular weight excluding hydrogens is 268 g/mol. The Morgan fingerprint density at radius 2 is 2.24 bits per heavy atom. The van der Waals surface area contributed by atoms with Crippen molar-refractivity contribution in [3.8, 4) is 6.07 Å². The van der Waals surface area contributed by atoms with Gasteiger partial charge in [0.2, 0.25) is 0 Å². The molecule has 1 amide bonds. The molecule has 2 fully saturated rings. The summed E-state index contributed by atoms with van der Waals surface area (Å²) in [7, 11) is 1.78. The molecule has 0 N–H and O–H groups in total. The maximum Gasteiger partial charge on any atom is 0.410 e. The van der Waals surface area contributed by atoms with Crippen LogP contribution in [-0.2, 0) is 4.74 Å². The molecular formula is C15H18N4O2. The maximum absolute atomic E-state index is 11.6. The number of carbonyl (C=O) groups excluding carboxylic acids is 1. The van der Waals surface area contributed by atoms with Crippen LogP contribution in [0.1, 0.15) is 25.0 Å². The summed E-state index contributed by atoms with van der Waals surface area (Å²) >= 11 is 0. The molecule has 3 heterocycles. The minimum atomic E-state index is -0.354. The predicted molar refractivity (Wildman–Crippen MR) is 76.9 cm³/mol. The molecule has 1 unspecified atom stereocenters. The van der Waals surface area contributed by atoms with Gasteiger partial charge in [-0.1, -0.05) is 6.07 Å². The van der Waals surface area contributed by atoms with Crippen LogP contribution in [0.4, 0.5) is 10.6 Å². The van der Waals surface area contributed by atoms with Gasteiger partial charge in [0.1, 0.15) is 23.2 Å². The van der Waals surface area contributed by atoms with Gasteiger partial charge in [0.25, 0.3) is 0 Å². The Labute approximate surface area is 123 Å². The topological polar surface area (TPSA) is 69.5 Å². The number of likely N-dealkylation sites (N-methyl/N-ethyl adjacent to an activating group) is 1. The number of nitrogens with zero attached hydrogens (tertiary/aromatic N) is 4. The van der Waals surface area contributed by atoms with E-state index < -0.39 is 0 Å². The lowest BCUT2D eigenvalue weighted by molar-refractivity contribution is 0.0473. The first-order valence-electron chi connectivity index (χ1n) is 7.18. The van der Waals surface area contributed by atoms with Crippen molar-refractivity contribution in [3.05, 3.63) is 23.9 Å². The molecule has 1 aromatic heterocycles. The van der Waals surface area contributed by atoms with Gasteiger partial charge in [-0.05, 0) is 25.0 Å². The molecule has 0 aliphatic carbocycles. The summed E-state index contributed by atoms with van der Waals surface area (Å²) in [6.45, 7) is 2.30. The van der Waals surface area contributed by atoms with Crippen LogP contribution in [0.15, 0.2) is 18.2 Å². The highest BCUT2D eigenvalue weighted by Crippen LogP contribution is 2.33. The molecule has 21 heavy (non-hydrogen) atoms. The number of carbonyl (C=O) groups is 1. The largest absolute Gasteiger partial charge is 0.441 e. The van der Waals surface area contributed by atoms with Crippen LogP contribution >= 0.6 is 0 Å². The third kappa shape index (κ3) is 2.64. The Morgan fingerprint density at radius 1 is 1.38 bits per heavy atom. The zero-order valence-corrected chi connectivity index (χ0v) is 12.1. The van der Waals surface area contributed by atoms with Crippen LogP contribution in [-0.4, -0.2) is 48.3 Å². The van der Waals surface area contributed by atoms with Gasteiger partial charge in [0, 0.05) is 26.6 Å². The van der Waals surface area contributed by atoms with E-state index in [1.807, 2.05) is 12.1 Å². The van der Waals surface area contributed by atoms with E-state index in [-0.39, 0.29) is 11.7 Å². The molecule has 1 aromatic rings. The average molecular weight is 286 g/mol. The standard InChI is InChI=1S/C15H18N4O2/c1-18-11-15(21-14(18)20)6-3-8-19(9-7-15)13-5-2-4-12(10-16)17-13/h2,4-5H,3,6-9,11H2,1H3. The Morgan fingerprint density at radius 3 is 2.95 bits per heavy atom. The fourth-order valence-electron chi connectivity index (χ4n) is 3.11. The first kappa shape index (κ1) is 13.7. The van der Waals surface area contributed by atoms with Crippen LogP contribution in [0.2, 0.25) is 0 Å². The fourth-order valence-corrected chi connectivity index (χ4v) is 3.11. The number of hydrogen-bond donors (Lipinski definition) is 0. The highest BCUT2D eigenvalue weighted by Gasteiger charge is 2.44. The van der Waals surface area contributed by atoms with Crippen molar-refractivity contribution in [2.45, 2.75) is 24.9 Å². The molecule has 0 radical (unpaired) electrons. The maximum atomic E-state index is 11.6. The number of amides is 1. The van der Waals surface area contributed by atoms with Crippen molar-refractivity contribution in [1.29, 1.82) is 5.26 Å². The molecule has 0 aromatic carbocycles. The second-order valence-corrected chi connectivity index (χ2v) is 5.74. The summed E-state index contributed by atoms with van der Waals surface area (Å²) in [5.41, 5.74) is 0.0754. The molecule has 3 rings (SSSR count). The second kappa shape index (κ2) is 5.24. The number of rotatable bonds is 1. The second-order valence-electron chi connectivity index (χ2n) is 5.74. The lowest BCUT2D eigenvalue weighted by Crippen LogP contribution is -2.35. The molecule has 6 nitrogen and oxygen atoms in total. The van der Waals surface area contributed by atoms with Gasteiger partial charge >= 0.3 is 6.09 Å². The highest BCUT2D eigenvalue weighted by atomic mass is 16.6. The minimum absolute atomic E-state index is 0.229. The van der Waals surface area contributed by atoms with E-state index in [1.54, 1.807) is 18.0 Å². The SMILES string of the molecule is CN1CC2(CCCN(c3cccc(C#N)n3)CC2)OC1=O. The Kier molecular flexibility index (Phi) is 3.42. The summed E-state index contributed by atoms with van der Waals surface area (Å²) < 4.78 is 5.60. The van der Waals surface area contributed by atoms with Crippen molar-refractivity contribution in [2.24, 2.45) is 0 Å². The van der Waals surface area contributed by atoms with E-state index in [2.05, 4.69) is 16.0 Å². The minimum Gasteiger partial charge on any atom is -0.441 e. The molecule has 6 heteroatoms.